The van der Waals surface area contributed by atoms with E-state index in [2.05, 4.69) is 10.2 Å². The Balaban J connectivity index is 1.70. The van der Waals surface area contributed by atoms with E-state index in [0.717, 1.165) is 37.2 Å². The molecule has 0 atom stereocenters. The minimum Gasteiger partial charge on any atom is -0.444 e. The molecule has 43 heavy (non-hydrogen) atoms. The van der Waals surface area contributed by atoms with E-state index in [9.17, 15) is 14.0 Å². The van der Waals surface area contributed by atoms with Gasteiger partial charge in [-0.05, 0) is 82.5 Å². The van der Waals surface area contributed by atoms with Gasteiger partial charge in [0.25, 0.3) is 0 Å². The number of carbonyl (C=O) groups excluding carboxylic acids is 2. The number of ether oxygens (including phenoxy) is 2. The SMILES string of the molecule is Cc1ccc(CN(CCCN2CCOCC2)C(=O)N(c2ccc(F)c(C)c2)c2ccccc2NC(=O)OC(C)(C)C)cc1. The zero-order chi connectivity index (χ0) is 31.0. The van der Waals surface area contributed by atoms with Gasteiger partial charge in [-0.2, -0.15) is 0 Å². The fourth-order valence-corrected chi connectivity index (χ4v) is 4.92. The standard InChI is InChI=1S/C34H43FN4O4/c1-25-11-13-27(14-12-25)24-38(18-8-17-37-19-21-42-22-20-37)33(41)39(28-15-16-29(35)26(2)23-28)31-10-7-6-9-30(31)36-32(40)43-34(3,4)5/h6-7,9-16,23H,8,17-22,24H2,1-5H3,(H,36,40). The van der Waals surface area contributed by atoms with Crippen LogP contribution in [0.4, 0.5) is 31.0 Å². The van der Waals surface area contributed by atoms with E-state index in [1.165, 1.54) is 6.07 Å². The predicted molar refractivity (Wildman–Crippen MR) is 168 cm³/mol. The van der Waals surface area contributed by atoms with Gasteiger partial charge < -0.3 is 14.4 Å². The van der Waals surface area contributed by atoms with Crippen molar-refractivity contribution in [2.75, 3.05) is 49.6 Å². The lowest BCUT2D eigenvalue weighted by Crippen LogP contribution is -2.43. The molecule has 3 amide bonds. The molecule has 1 fully saturated rings. The first kappa shape index (κ1) is 32.0. The summed E-state index contributed by atoms with van der Waals surface area (Å²) in [7, 11) is 0. The maximum absolute atomic E-state index is 14.6. The maximum atomic E-state index is 14.6. The first-order chi connectivity index (χ1) is 20.5. The number of aryl methyl sites for hydroxylation is 2. The van der Waals surface area contributed by atoms with Gasteiger partial charge in [-0.1, -0.05) is 42.0 Å². The number of anilines is 3. The molecule has 1 aliphatic heterocycles. The van der Waals surface area contributed by atoms with Gasteiger partial charge in [-0.25, -0.2) is 14.0 Å². The second-order valence-electron chi connectivity index (χ2n) is 11.9. The van der Waals surface area contributed by atoms with Crippen LogP contribution in [0.5, 0.6) is 0 Å². The zero-order valence-corrected chi connectivity index (χ0v) is 25.9. The van der Waals surface area contributed by atoms with Crippen molar-refractivity contribution in [3.8, 4) is 0 Å². The summed E-state index contributed by atoms with van der Waals surface area (Å²) < 4.78 is 25.4. The summed E-state index contributed by atoms with van der Waals surface area (Å²) in [5.41, 5.74) is 3.19. The van der Waals surface area contributed by atoms with Gasteiger partial charge >= 0.3 is 12.1 Å². The van der Waals surface area contributed by atoms with Crippen molar-refractivity contribution < 1.29 is 23.5 Å². The number of carbonyl (C=O) groups is 2. The lowest BCUT2D eigenvalue weighted by Gasteiger charge is -2.33. The third-order valence-electron chi connectivity index (χ3n) is 7.14. The number of morpholine rings is 1. The molecule has 4 rings (SSSR count). The molecule has 0 bridgehead atoms. The quantitative estimate of drug-likeness (QED) is 0.284. The molecule has 0 aromatic heterocycles. The number of halogens is 1. The highest BCUT2D eigenvalue weighted by molar-refractivity contribution is 6.04. The monoisotopic (exact) mass is 590 g/mol. The normalized spacial score (nSPS) is 13.8. The molecule has 0 radical (unpaired) electrons. The van der Waals surface area contributed by atoms with Crippen LogP contribution in [-0.4, -0.2) is 66.9 Å². The van der Waals surface area contributed by atoms with Crippen LogP contribution in [0, 0.1) is 19.7 Å². The lowest BCUT2D eigenvalue weighted by atomic mass is 10.1. The average Bonchev–Trinajstić information content (AvgIpc) is 2.96. The third kappa shape index (κ3) is 9.27. The van der Waals surface area contributed by atoms with Crippen molar-refractivity contribution in [1.29, 1.82) is 0 Å². The van der Waals surface area contributed by atoms with E-state index in [0.29, 0.717) is 48.9 Å². The van der Waals surface area contributed by atoms with Gasteiger partial charge in [0.1, 0.15) is 11.4 Å². The van der Waals surface area contributed by atoms with Gasteiger partial charge in [0, 0.05) is 32.7 Å². The van der Waals surface area contributed by atoms with Crippen LogP contribution < -0.4 is 10.2 Å². The van der Waals surface area contributed by atoms with Crippen LogP contribution in [0.1, 0.15) is 43.9 Å². The number of amides is 3. The summed E-state index contributed by atoms with van der Waals surface area (Å²) in [6.07, 6.45) is 0.135. The molecule has 1 aliphatic rings. The minimum atomic E-state index is -0.700. The van der Waals surface area contributed by atoms with Gasteiger partial charge in [-0.15, -0.1) is 0 Å². The first-order valence-corrected chi connectivity index (χ1v) is 14.8. The second kappa shape index (κ2) is 14.5. The molecular weight excluding hydrogens is 547 g/mol. The Morgan fingerprint density at radius 2 is 1.70 bits per heavy atom. The van der Waals surface area contributed by atoms with E-state index in [1.807, 2.05) is 36.1 Å². The number of hydrogen-bond acceptors (Lipinski definition) is 5. The number of hydrogen-bond donors (Lipinski definition) is 1. The van der Waals surface area contributed by atoms with E-state index in [1.54, 1.807) is 69.0 Å². The third-order valence-corrected chi connectivity index (χ3v) is 7.14. The molecule has 230 valence electrons. The molecule has 3 aromatic rings. The number of nitrogens with zero attached hydrogens (tertiary/aromatic N) is 3. The molecule has 1 N–H and O–H groups in total. The first-order valence-electron chi connectivity index (χ1n) is 14.8. The number of para-hydroxylation sites is 2. The molecule has 1 heterocycles. The Bertz CT molecular complexity index is 1380. The average molecular weight is 591 g/mol. The molecule has 0 spiro atoms. The van der Waals surface area contributed by atoms with Crippen LogP contribution in [0.15, 0.2) is 66.7 Å². The zero-order valence-electron chi connectivity index (χ0n) is 25.9. The van der Waals surface area contributed by atoms with Crippen LogP contribution >= 0.6 is 0 Å². The number of nitrogens with one attached hydrogen (secondary N) is 1. The Morgan fingerprint density at radius 1 is 1.00 bits per heavy atom. The van der Waals surface area contributed by atoms with E-state index in [-0.39, 0.29) is 11.8 Å². The molecule has 0 unspecified atom stereocenters. The van der Waals surface area contributed by atoms with Crippen molar-refractivity contribution in [2.45, 2.75) is 53.2 Å². The maximum Gasteiger partial charge on any atom is 0.412 e. The molecule has 1 saturated heterocycles. The molecule has 3 aromatic carbocycles. The Labute approximate surface area is 254 Å². The summed E-state index contributed by atoms with van der Waals surface area (Å²) in [6, 6.07) is 19.5. The summed E-state index contributed by atoms with van der Waals surface area (Å²) in [5.74, 6) is -0.363. The highest BCUT2D eigenvalue weighted by Gasteiger charge is 2.28. The molecule has 9 heteroatoms. The predicted octanol–water partition coefficient (Wildman–Crippen LogP) is 7.27. The Kier molecular flexibility index (Phi) is 10.8. The molecule has 0 saturated carbocycles. The highest BCUT2D eigenvalue weighted by Crippen LogP contribution is 2.35. The Hall–Kier alpha value is -3.95. The van der Waals surface area contributed by atoms with Crippen molar-refractivity contribution in [2.24, 2.45) is 0 Å². The van der Waals surface area contributed by atoms with Crippen LogP contribution in [0.2, 0.25) is 0 Å². The largest absolute Gasteiger partial charge is 0.444 e. The molecular formula is C34H43FN4O4. The summed E-state index contributed by atoms with van der Waals surface area (Å²) in [4.78, 5) is 33.1. The fraction of sp³-hybridized carbons (Fsp3) is 0.412. The van der Waals surface area contributed by atoms with Gasteiger partial charge in [0.15, 0.2) is 0 Å². The van der Waals surface area contributed by atoms with Crippen molar-refractivity contribution in [1.82, 2.24) is 9.80 Å². The minimum absolute atomic E-state index is 0.285. The molecule has 8 nitrogen and oxygen atoms in total. The van der Waals surface area contributed by atoms with Crippen molar-refractivity contribution in [3.05, 3.63) is 89.2 Å². The molecule has 0 aliphatic carbocycles. The van der Waals surface area contributed by atoms with Gasteiger partial charge in [-0.3, -0.25) is 15.1 Å². The van der Waals surface area contributed by atoms with Crippen molar-refractivity contribution >= 4 is 29.2 Å². The van der Waals surface area contributed by atoms with E-state index < -0.39 is 11.7 Å². The van der Waals surface area contributed by atoms with E-state index >= 15 is 0 Å². The number of benzene rings is 3. The summed E-state index contributed by atoms with van der Waals surface area (Å²) in [5, 5.41) is 2.81. The van der Waals surface area contributed by atoms with Crippen LogP contribution in [0.3, 0.4) is 0 Å². The highest BCUT2D eigenvalue weighted by atomic mass is 19.1. The second-order valence-corrected chi connectivity index (χ2v) is 11.9. The van der Waals surface area contributed by atoms with Crippen LogP contribution in [-0.2, 0) is 16.0 Å². The van der Waals surface area contributed by atoms with Gasteiger partial charge in [0.2, 0.25) is 0 Å². The van der Waals surface area contributed by atoms with E-state index in [4.69, 9.17) is 9.47 Å². The topological polar surface area (TPSA) is 74.4 Å². The van der Waals surface area contributed by atoms with Crippen molar-refractivity contribution in [3.63, 3.8) is 0 Å². The summed E-state index contributed by atoms with van der Waals surface area (Å²) >= 11 is 0. The van der Waals surface area contributed by atoms with Gasteiger partial charge in [0.05, 0.1) is 30.3 Å². The Morgan fingerprint density at radius 3 is 2.37 bits per heavy atom. The fourth-order valence-electron chi connectivity index (χ4n) is 4.92. The summed E-state index contributed by atoms with van der Waals surface area (Å²) in [6.45, 7) is 14.0. The number of urea groups is 1. The smallest absolute Gasteiger partial charge is 0.412 e. The number of rotatable bonds is 9. The van der Waals surface area contributed by atoms with Crippen LogP contribution in [0.25, 0.3) is 0 Å². The lowest BCUT2D eigenvalue weighted by molar-refractivity contribution is 0.0365.